The third kappa shape index (κ3) is 2.08. The predicted molar refractivity (Wildman–Crippen MR) is 69.5 cm³/mol. The molecule has 0 aliphatic heterocycles. The maximum absolute atomic E-state index is 12.9. The molecule has 1 aromatic heterocycles. The number of fused-ring (bicyclic) bond motifs is 1. The Morgan fingerprint density at radius 3 is 2.47 bits per heavy atom. The lowest BCUT2D eigenvalue weighted by molar-refractivity contribution is 0.475. The number of benzene rings is 2. The van der Waals surface area contributed by atoms with Crippen molar-refractivity contribution in [2.24, 2.45) is 0 Å². The van der Waals surface area contributed by atoms with Crippen LogP contribution in [0.15, 0.2) is 57.7 Å². The largest absolute Gasteiger partial charge is 0.508 e. The minimum absolute atomic E-state index is 0.00864. The highest BCUT2D eigenvalue weighted by atomic mass is 19.1. The number of halogens is 1. The van der Waals surface area contributed by atoms with Crippen molar-refractivity contribution in [3.8, 4) is 17.1 Å². The van der Waals surface area contributed by atoms with Crippen molar-refractivity contribution in [2.75, 3.05) is 0 Å². The zero-order valence-corrected chi connectivity index (χ0v) is 9.76. The van der Waals surface area contributed by atoms with Crippen LogP contribution in [0.2, 0.25) is 0 Å². The van der Waals surface area contributed by atoms with Crippen LogP contribution in [0.3, 0.4) is 0 Å². The van der Waals surface area contributed by atoms with Crippen LogP contribution < -0.4 is 5.43 Å². The number of phenolic OH excluding ortho intramolecular Hbond substituents is 1. The van der Waals surface area contributed by atoms with Crippen LogP contribution in [0.4, 0.5) is 4.39 Å². The van der Waals surface area contributed by atoms with E-state index < -0.39 is 0 Å². The number of hydrogen-bond acceptors (Lipinski definition) is 3. The molecule has 0 spiro atoms. The smallest absolute Gasteiger partial charge is 0.193 e. The molecule has 2 aromatic carbocycles. The highest BCUT2D eigenvalue weighted by Crippen LogP contribution is 2.24. The third-order valence-corrected chi connectivity index (χ3v) is 2.84. The van der Waals surface area contributed by atoms with Gasteiger partial charge in [0.2, 0.25) is 0 Å². The maximum atomic E-state index is 12.9. The van der Waals surface area contributed by atoms with Gasteiger partial charge in [-0.25, -0.2) is 4.39 Å². The van der Waals surface area contributed by atoms with Crippen LogP contribution in [0, 0.1) is 5.82 Å². The van der Waals surface area contributed by atoms with Crippen LogP contribution in [-0.2, 0) is 0 Å². The number of rotatable bonds is 1. The van der Waals surface area contributed by atoms with Crippen LogP contribution >= 0.6 is 0 Å². The van der Waals surface area contributed by atoms with Gasteiger partial charge in [-0.05, 0) is 42.5 Å². The van der Waals surface area contributed by atoms with Gasteiger partial charge in [0, 0.05) is 11.6 Å². The molecule has 4 heteroatoms. The van der Waals surface area contributed by atoms with E-state index in [1.165, 1.54) is 36.4 Å². The zero-order valence-electron chi connectivity index (χ0n) is 9.76. The fraction of sp³-hybridized carbons (Fsp3) is 0. The number of phenols is 1. The van der Waals surface area contributed by atoms with Gasteiger partial charge in [-0.3, -0.25) is 4.79 Å². The van der Waals surface area contributed by atoms with Gasteiger partial charge in [-0.15, -0.1) is 0 Å². The molecule has 0 fully saturated rings. The highest BCUT2D eigenvalue weighted by Gasteiger charge is 2.07. The summed E-state index contributed by atoms with van der Waals surface area (Å²) in [6.07, 6.45) is 0. The fourth-order valence-electron chi connectivity index (χ4n) is 1.90. The number of aromatic hydroxyl groups is 1. The molecule has 0 saturated heterocycles. The summed E-state index contributed by atoms with van der Waals surface area (Å²) in [5.74, 6) is 0.0225. The first-order valence-electron chi connectivity index (χ1n) is 5.66. The normalized spacial score (nSPS) is 10.8. The summed E-state index contributed by atoms with van der Waals surface area (Å²) in [4.78, 5) is 11.9. The average Bonchev–Trinajstić information content (AvgIpc) is 2.40. The van der Waals surface area contributed by atoms with Crippen LogP contribution in [0.5, 0.6) is 5.75 Å². The minimum Gasteiger partial charge on any atom is -0.508 e. The quantitative estimate of drug-likeness (QED) is 0.726. The lowest BCUT2D eigenvalue weighted by Gasteiger charge is -2.03. The van der Waals surface area contributed by atoms with Gasteiger partial charge in [0.05, 0.1) is 5.39 Å². The molecule has 3 aromatic rings. The molecule has 0 aliphatic carbocycles. The summed E-state index contributed by atoms with van der Waals surface area (Å²) in [5, 5.41) is 9.66. The monoisotopic (exact) mass is 256 g/mol. The van der Waals surface area contributed by atoms with Gasteiger partial charge in [0.25, 0.3) is 0 Å². The molecule has 0 atom stereocenters. The summed E-state index contributed by atoms with van der Waals surface area (Å²) in [6, 6.07) is 11.3. The Morgan fingerprint density at radius 2 is 1.74 bits per heavy atom. The molecule has 0 bridgehead atoms. The minimum atomic E-state index is -0.350. The van der Waals surface area contributed by atoms with Crippen LogP contribution in [-0.4, -0.2) is 5.11 Å². The molecule has 3 rings (SSSR count). The van der Waals surface area contributed by atoms with Gasteiger partial charge in [-0.1, -0.05) is 0 Å². The predicted octanol–water partition coefficient (Wildman–Crippen LogP) is 3.30. The molecule has 1 N–H and O–H groups in total. The molecular weight excluding hydrogens is 247 g/mol. The van der Waals surface area contributed by atoms with E-state index in [9.17, 15) is 14.3 Å². The second kappa shape index (κ2) is 4.24. The van der Waals surface area contributed by atoms with Gasteiger partial charge >= 0.3 is 0 Å². The van der Waals surface area contributed by atoms with E-state index in [2.05, 4.69) is 0 Å². The molecule has 0 amide bonds. The van der Waals surface area contributed by atoms with Crippen molar-refractivity contribution < 1.29 is 13.9 Å². The van der Waals surface area contributed by atoms with E-state index >= 15 is 0 Å². The van der Waals surface area contributed by atoms with Gasteiger partial charge in [-0.2, -0.15) is 0 Å². The SMILES string of the molecule is O=c1cc(-c2ccc(F)cc2)oc2ccc(O)cc12. The Labute approximate surface area is 107 Å². The van der Waals surface area contributed by atoms with E-state index in [1.54, 1.807) is 12.1 Å². The Bertz CT molecular complexity index is 804. The van der Waals surface area contributed by atoms with Crippen molar-refractivity contribution in [3.63, 3.8) is 0 Å². The van der Waals surface area contributed by atoms with E-state index in [4.69, 9.17) is 4.42 Å². The van der Waals surface area contributed by atoms with E-state index in [0.717, 1.165) is 0 Å². The Kier molecular flexibility index (Phi) is 2.56. The first-order valence-corrected chi connectivity index (χ1v) is 5.66. The molecule has 94 valence electrons. The summed E-state index contributed by atoms with van der Waals surface area (Å²) in [6.45, 7) is 0. The van der Waals surface area contributed by atoms with Crippen LogP contribution in [0.1, 0.15) is 0 Å². The molecule has 1 heterocycles. The van der Waals surface area contributed by atoms with E-state index in [1.807, 2.05) is 0 Å². The Balaban J connectivity index is 2.24. The highest BCUT2D eigenvalue weighted by molar-refractivity contribution is 5.80. The lowest BCUT2D eigenvalue weighted by Crippen LogP contribution is -2.00. The standard InChI is InChI=1S/C15H9FO3/c16-10-3-1-9(2-4-10)15-8-13(18)12-7-11(17)5-6-14(12)19-15/h1-8,17H. The zero-order chi connectivity index (χ0) is 13.4. The third-order valence-electron chi connectivity index (χ3n) is 2.84. The second-order valence-corrected chi connectivity index (χ2v) is 4.16. The van der Waals surface area contributed by atoms with Crippen molar-refractivity contribution in [2.45, 2.75) is 0 Å². The average molecular weight is 256 g/mol. The molecule has 0 radical (unpaired) electrons. The lowest BCUT2D eigenvalue weighted by atomic mass is 10.1. The van der Waals surface area contributed by atoms with Crippen molar-refractivity contribution in [1.29, 1.82) is 0 Å². The van der Waals surface area contributed by atoms with Gasteiger partial charge in [0.15, 0.2) is 5.43 Å². The van der Waals surface area contributed by atoms with E-state index in [-0.39, 0.29) is 17.0 Å². The maximum Gasteiger partial charge on any atom is 0.193 e. The summed E-state index contributed by atoms with van der Waals surface area (Å²) < 4.78 is 18.4. The van der Waals surface area contributed by atoms with Crippen molar-refractivity contribution in [1.82, 2.24) is 0 Å². The molecule has 0 aliphatic rings. The first-order chi connectivity index (χ1) is 9.13. The summed E-state index contributed by atoms with van der Waals surface area (Å²) in [7, 11) is 0. The van der Waals surface area contributed by atoms with Crippen molar-refractivity contribution in [3.05, 3.63) is 64.6 Å². The molecule has 19 heavy (non-hydrogen) atoms. The van der Waals surface area contributed by atoms with E-state index in [0.29, 0.717) is 22.3 Å². The topological polar surface area (TPSA) is 50.4 Å². The Hall–Kier alpha value is -2.62. The molecular formula is C15H9FO3. The first kappa shape index (κ1) is 11.5. The molecule has 0 unspecified atom stereocenters. The summed E-state index contributed by atoms with van der Waals surface area (Å²) in [5.41, 5.74) is 0.745. The van der Waals surface area contributed by atoms with Gasteiger partial charge < -0.3 is 9.52 Å². The van der Waals surface area contributed by atoms with Crippen LogP contribution in [0.25, 0.3) is 22.3 Å². The Morgan fingerprint density at radius 1 is 1.00 bits per heavy atom. The number of hydrogen-bond donors (Lipinski definition) is 1. The van der Waals surface area contributed by atoms with Gasteiger partial charge in [0.1, 0.15) is 22.9 Å². The molecule has 3 nitrogen and oxygen atoms in total. The molecule has 0 saturated carbocycles. The fourth-order valence-corrected chi connectivity index (χ4v) is 1.90. The summed E-state index contributed by atoms with van der Waals surface area (Å²) >= 11 is 0. The second-order valence-electron chi connectivity index (χ2n) is 4.16. The van der Waals surface area contributed by atoms with Crippen molar-refractivity contribution >= 4 is 11.0 Å².